The molecule has 0 aliphatic rings. The molecule has 24 rings (SSSR count). The number of nitrogens with zero attached hydrogens (tertiary/aromatic N) is 5. The van der Waals surface area contributed by atoms with Crippen LogP contribution in [-0.4, -0.2) is 0 Å². The smallest absolute Gasteiger partial charge is 0.187 e. The highest BCUT2D eigenvalue weighted by molar-refractivity contribution is 6.29. The molecule has 24 aromatic carbocycles. The molecule has 5 nitrogen and oxygen atoms in total. The van der Waals surface area contributed by atoms with Crippen LogP contribution < -0.4 is 0 Å². The highest BCUT2D eigenvalue weighted by atomic mass is 14.6. The standard InChI is InChI=1S/C49H29N.C44H26N2.C32H18N2.CH4/c50-30-31-17-19-32(20-18-31)37-25-38(46-28-35-23-21-33-9-1-3-11-40(33)48(35)44-15-7-5-13-42(44)46)27-39(26-37)47-29-36-24-22-34-10-2-4-12-41(34)49(36)45-16-8-6-14-43(45)47;1-46-37-11-7-10-35(25-37)31-18-22-33(23-19-31)43-27-36-26-42(32-20-16-30(17-21-32)34-9-6-8-29(24-34)28-45)38-12-2-4-14-40(38)44(36)41-15-5-3-13-39(41)43;1-34-25-16-14-23(15-17-25)31-19-24-18-30(22-12-10-21(20-33)11-13-22)26-6-2-4-8-28(26)32(24)29-9-5-3-7-27(29)31;/h1-29H;2-27H;2-19H;1H4. The molecule has 0 saturated carbocycles. The third-order valence-electron chi connectivity index (χ3n) is 25.8. The van der Waals surface area contributed by atoms with Crippen molar-refractivity contribution >= 4 is 141 Å². The van der Waals surface area contributed by atoms with Crippen molar-refractivity contribution in [2.75, 3.05) is 0 Å². The van der Waals surface area contributed by atoms with Crippen LogP contribution in [0.25, 0.3) is 239 Å². The molecule has 0 atom stereocenters. The van der Waals surface area contributed by atoms with Gasteiger partial charge in [-0.3, -0.25) is 0 Å². The van der Waals surface area contributed by atoms with E-state index in [1.54, 1.807) is 0 Å². The fourth-order valence-electron chi connectivity index (χ4n) is 19.6. The minimum Gasteiger partial charge on any atom is -0.238 e. The zero-order valence-electron chi connectivity index (χ0n) is 70.4. The maximum atomic E-state index is 9.54. The highest BCUT2D eigenvalue weighted by Gasteiger charge is 2.22. The van der Waals surface area contributed by atoms with E-state index in [0.29, 0.717) is 28.1 Å². The summed E-state index contributed by atoms with van der Waals surface area (Å²) in [5, 5.41) is 57.8. The second-order valence-corrected chi connectivity index (χ2v) is 33.1. The van der Waals surface area contributed by atoms with Crippen LogP contribution in [0.15, 0.2) is 443 Å². The number of benzene rings is 24. The van der Waals surface area contributed by atoms with Crippen molar-refractivity contribution in [1.29, 1.82) is 15.8 Å². The first-order valence-electron chi connectivity index (χ1n) is 43.5. The van der Waals surface area contributed by atoms with Crippen LogP contribution in [0.1, 0.15) is 24.1 Å². The van der Waals surface area contributed by atoms with E-state index in [9.17, 15) is 15.8 Å². The molecular weight excluding hydrogens is 1580 g/mol. The summed E-state index contributed by atoms with van der Waals surface area (Å²) in [6.07, 6.45) is 0. The van der Waals surface area contributed by atoms with Gasteiger partial charge < -0.3 is 0 Å². The van der Waals surface area contributed by atoms with Crippen molar-refractivity contribution in [3.8, 4) is 118 Å². The number of hydrogen-bond donors (Lipinski definition) is 0. The van der Waals surface area contributed by atoms with Crippen molar-refractivity contribution in [2.24, 2.45) is 0 Å². The Labute approximate surface area is 759 Å². The predicted octanol–water partition coefficient (Wildman–Crippen LogP) is 35.3. The molecule has 0 fully saturated rings. The molecular formula is C126H77N5. The molecule has 0 aliphatic carbocycles. The zero-order valence-corrected chi connectivity index (χ0v) is 70.4. The van der Waals surface area contributed by atoms with Gasteiger partial charge in [-0.1, -0.05) is 353 Å². The number of hydrogen-bond acceptors (Lipinski definition) is 3. The summed E-state index contributed by atoms with van der Waals surface area (Å²) in [7, 11) is 0. The molecule has 0 bridgehead atoms. The van der Waals surface area contributed by atoms with Crippen LogP contribution in [0.2, 0.25) is 0 Å². The largest absolute Gasteiger partial charge is 0.238 e. The maximum absolute atomic E-state index is 9.54. The lowest BCUT2D eigenvalue weighted by atomic mass is 9.86. The Morgan fingerprint density at radius 2 is 0.420 bits per heavy atom. The average Bonchev–Trinajstić information content (AvgIpc) is 0.741. The summed E-state index contributed by atoms with van der Waals surface area (Å²) in [6, 6.07) is 163. The number of rotatable bonds is 9. The highest BCUT2D eigenvalue weighted by Crippen LogP contribution is 2.49. The fraction of sp³-hybridized carbons (Fsp3) is 0.00794. The van der Waals surface area contributed by atoms with E-state index < -0.39 is 0 Å². The summed E-state index contributed by atoms with van der Waals surface area (Å²) < 4.78 is 0. The molecule has 0 saturated heterocycles. The SMILES string of the molecule is C.N#Cc1ccc(-c2cc(-c3cc4ccc5ccccc5c4c4ccccc34)cc(-c3cc4ccc5ccccc5c4c4ccccc34)c2)cc1.[C-]#[N+]c1ccc(-c2cc3cc(-c4ccc(C#N)cc4)c4ccccc4c3c3ccccc23)cc1.[C-]#[N+]c1cccc(-c2ccc(-c3cc4cc(-c5ccc(-c6cccc(C#N)c6)cc5)c5ccccc5c4c4ccccc34)cc2)c1. The summed E-state index contributed by atoms with van der Waals surface area (Å²) in [4.78, 5) is 7.14. The van der Waals surface area contributed by atoms with Crippen molar-refractivity contribution in [3.63, 3.8) is 0 Å². The van der Waals surface area contributed by atoms with Gasteiger partial charge in [0.1, 0.15) is 0 Å². The predicted molar refractivity (Wildman–Crippen MR) is 552 cm³/mol. The molecule has 0 radical (unpaired) electrons. The summed E-state index contributed by atoms with van der Waals surface area (Å²) in [5.41, 5.74) is 23.6. The molecule has 0 aliphatic heterocycles. The molecule has 0 unspecified atom stereocenters. The Morgan fingerprint density at radius 1 is 0.160 bits per heavy atom. The monoisotopic (exact) mass is 1660 g/mol. The van der Waals surface area contributed by atoms with Crippen LogP contribution in [0.4, 0.5) is 11.4 Å². The van der Waals surface area contributed by atoms with Crippen LogP contribution in [-0.2, 0) is 0 Å². The van der Waals surface area contributed by atoms with E-state index in [2.05, 4.69) is 368 Å². The Kier molecular flexibility index (Phi) is 20.8. The van der Waals surface area contributed by atoms with Crippen molar-refractivity contribution in [3.05, 3.63) is 482 Å². The quantitative estimate of drug-likeness (QED) is 0.107. The van der Waals surface area contributed by atoms with Gasteiger partial charge in [-0.05, 0) is 326 Å². The molecule has 24 aromatic rings. The Hall–Kier alpha value is -18.2. The lowest BCUT2D eigenvalue weighted by Gasteiger charge is -2.17. The van der Waals surface area contributed by atoms with Gasteiger partial charge in [0.25, 0.3) is 0 Å². The minimum atomic E-state index is 0. The van der Waals surface area contributed by atoms with Gasteiger partial charge in [0, 0.05) is 0 Å². The van der Waals surface area contributed by atoms with E-state index >= 15 is 0 Å². The number of fused-ring (bicyclic) bond motifs is 20. The molecule has 606 valence electrons. The van der Waals surface area contributed by atoms with E-state index in [1.165, 1.54) is 152 Å². The van der Waals surface area contributed by atoms with Crippen LogP contribution in [0.3, 0.4) is 0 Å². The lowest BCUT2D eigenvalue weighted by Crippen LogP contribution is -1.91. The van der Waals surface area contributed by atoms with Crippen molar-refractivity contribution in [2.45, 2.75) is 7.43 Å². The molecule has 0 N–H and O–H groups in total. The minimum absolute atomic E-state index is 0. The fourth-order valence-corrected chi connectivity index (χ4v) is 19.6. The van der Waals surface area contributed by atoms with Gasteiger partial charge in [0.15, 0.2) is 11.4 Å². The Bertz CT molecular complexity index is 8520. The van der Waals surface area contributed by atoms with Crippen LogP contribution in [0, 0.1) is 47.1 Å². The molecule has 131 heavy (non-hydrogen) atoms. The average molecular weight is 1660 g/mol. The molecule has 0 heterocycles. The Morgan fingerprint density at radius 3 is 0.779 bits per heavy atom. The second kappa shape index (κ2) is 34.1. The van der Waals surface area contributed by atoms with Crippen LogP contribution >= 0.6 is 0 Å². The van der Waals surface area contributed by atoms with Gasteiger partial charge >= 0.3 is 0 Å². The maximum Gasteiger partial charge on any atom is 0.187 e. The first-order valence-corrected chi connectivity index (χ1v) is 43.5. The summed E-state index contributed by atoms with van der Waals surface area (Å²) in [6.45, 7) is 14.7. The van der Waals surface area contributed by atoms with Gasteiger partial charge in [0.05, 0.1) is 48.0 Å². The Balaban J connectivity index is 0.000000120. The number of nitriles is 3. The van der Waals surface area contributed by atoms with Gasteiger partial charge in [0.2, 0.25) is 0 Å². The van der Waals surface area contributed by atoms with Gasteiger partial charge in [-0.15, -0.1) is 0 Å². The van der Waals surface area contributed by atoms with Crippen molar-refractivity contribution in [1.82, 2.24) is 0 Å². The molecule has 5 heteroatoms. The topological polar surface area (TPSA) is 80.1 Å². The van der Waals surface area contributed by atoms with E-state index in [-0.39, 0.29) is 7.43 Å². The van der Waals surface area contributed by atoms with Crippen LogP contribution in [0.5, 0.6) is 0 Å². The van der Waals surface area contributed by atoms with E-state index in [0.717, 1.165) is 77.9 Å². The molecule has 0 spiro atoms. The zero-order chi connectivity index (χ0) is 87.3. The first kappa shape index (κ1) is 80.0. The third-order valence-corrected chi connectivity index (χ3v) is 25.8. The van der Waals surface area contributed by atoms with Crippen molar-refractivity contribution < 1.29 is 0 Å². The van der Waals surface area contributed by atoms with E-state index in [1.807, 2.05) is 103 Å². The van der Waals surface area contributed by atoms with Gasteiger partial charge in [-0.25, -0.2) is 9.69 Å². The lowest BCUT2D eigenvalue weighted by molar-refractivity contribution is 1.48. The summed E-state index contributed by atoms with van der Waals surface area (Å²) >= 11 is 0. The van der Waals surface area contributed by atoms with Gasteiger partial charge in [-0.2, -0.15) is 15.8 Å². The second-order valence-electron chi connectivity index (χ2n) is 33.1. The molecule has 0 amide bonds. The molecule has 0 aromatic heterocycles. The summed E-state index contributed by atoms with van der Waals surface area (Å²) in [5.74, 6) is 0. The third kappa shape index (κ3) is 14.6. The van der Waals surface area contributed by atoms with E-state index in [4.69, 9.17) is 13.1 Å². The normalized spacial score (nSPS) is 11.1. The first-order chi connectivity index (χ1) is 64.2.